The van der Waals surface area contributed by atoms with Gasteiger partial charge in [-0.3, -0.25) is 0 Å². The molecule has 1 aliphatic heterocycles. The fourth-order valence-electron chi connectivity index (χ4n) is 2.06. The van der Waals surface area contributed by atoms with Crippen LogP contribution in [0.5, 0.6) is 0 Å². The predicted octanol–water partition coefficient (Wildman–Crippen LogP) is 3.55. The third kappa shape index (κ3) is 1.96. The monoisotopic (exact) mass is 182 g/mol. The average molecular weight is 182 g/mol. The van der Waals surface area contributed by atoms with Gasteiger partial charge in [-0.05, 0) is 19.3 Å². The summed E-state index contributed by atoms with van der Waals surface area (Å²) < 4.78 is 6.01. The molecule has 0 aromatic rings. The zero-order chi connectivity index (χ0) is 10.1. The molecule has 1 heterocycles. The van der Waals surface area contributed by atoms with Crippen molar-refractivity contribution in [2.45, 2.75) is 59.2 Å². The Balaban J connectivity index is 2.75. The molecule has 2 atom stereocenters. The maximum Gasteiger partial charge on any atom is 0.0664 e. The Morgan fingerprint density at radius 2 is 2.00 bits per heavy atom. The van der Waals surface area contributed by atoms with Crippen LogP contribution in [0.25, 0.3) is 0 Å². The highest BCUT2D eigenvalue weighted by Crippen LogP contribution is 2.41. The zero-order valence-electron chi connectivity index (χ0n) is 9.39. The van der Waals surface area contributed by atoms with Crippen molar-refractivity contribution in [3.63, 3.8) is 0 Å². The fraction of sp³-hybridized carbons (Fsp3) is 0.833. The minimum Gasteiger partial charge on any atom is -0.374 e. The largest absolute Gasteiger partial charge is 0.374 e. The van der Waals surface area contributed by atoms with Crippen LogP contribution < -0.4 is 0 Å². The van der Waals surface area contributed by atoms with E-state index >= 15 is 0 Å². The molecule has 2 unspecified atom stereocenters. The van der Waals surface area contributed by atoms with Crippen LogP contribution in [0.3, 0.4) is 0 Å². The minimum atomic E-state index is 0.167. The van der Waals surface area contributed by atoms with Gasteiger partial charge in [-0.25, -0.2) is 0 Å². The van der Waals surface area contributed by atoms with E-state index in [1.807, 2.05) is 0 Å². The van der Waals surface area contributed by atoms with Gasteiger partial charge in [0.25, 0.3) is 0 Å². The van der Waals surface area contributed by atoms with E-state index in [2.05, 4.69) is 34.3 Å². The van der Waals surface area contributed by atoms with E-state index in [1.165, 1.54) is 5.57 Å². The van der Waals surface area contributed by atoms with Crippen molar-refractivity contribution in [3.8, 4) is 0 Å². The van der Waals surface area contributed by atoms with Gasteiger partial charge in [0, 0.05) is 5.41 Å². The normalized spacial score (nSPS) is 33.4. The van der Waals surface area contributed by atoms with E-state index in [-0.39, 0.29) is 5.41 Å². The summed E-state index contributed by atoms with van der Waals surface area (Å²) in [5.74, 6) is 0. The Kier molecular flexibility index (Phi) is 3.18. The molecule has 0 aliphatic carbocycles. The first-order valence-electron chi connectivity index (χ1n) is 5.36. The zero-order valence-corrected chi connectivity index (χ0v) is 9.39. The van der Waals surface area contributed by atoms with Gasteiger partial charge in [-0.15, -0.1) is 0 Å². The molecule has 0 saturated carbocycles. The number of ether oxygens (including phenoxy) is 1. The lowest BCUT2D eigenvalue weighted by Crippen LogP contribution is -2.41. The van der Waals surface area contributed by atoms with Crippen LogP contribution in [-0.4, -0.2) is 12.2 Å². The number of rotatable bonds is 2. The molecule has 76 valence electrons. The van der Waals surface area contributed by atoms with E-state index < -0.39 is 0 Å². The third-order valence-electron chi connectivity index (χ3n) is 3.37. The molecule has 0 spiro atoms. The summed E-state index contributed by atoms with van der Waals surface area (Å²) in [5.41, 5.74) is 1.53. The van der Waals surface area contributed by atoms with Crippen LogP contribution in [0.1, 0.15) is 47.0 Å². The van der Waals surface area contributed by atoms with Crippen LogP contribution in [0, 0.1) is 5.41 Å². The maximum absolute atomic E-state index is 6.01. The molecule has 1 nitrogen and oxygen atoms in total. The van der Waals surface area contributed by atoms with Crippen molar-refractivity contribution >= 4 is 0 Å². The van der Waals surface area contributed by atoms with Crippen molar-refractivity contribution in [2.24, 2.45) is 5.41 Å². The Morgan fingerprint density at radius 1 is 1.38 bits per heavy atom. The molecule has 1 saturated heterocycles. The second-order valence-corrected chi connectivity index (χ2v) is 4.59. The molecule has 0 aromatic carbocycles. The van der Waals surface area contributed by atoms with Crippen molar-refractivity contribution < 1.29 is 4.74 Å². The topological polar surface area (TPSA) is 9.23 Å². The Hall–Kier alpha value is -0.300. The van der Waals surface area contributed by atoms with Crippen molar-refractivity contribution in [2.75, 3.05) is 0 Å². The van der Waals surface area contributed by atoms with Gasteiger partial charge in [-0.1, -0.05) is 39.8 Å². The molecule has 0 bridgehead atoms. The quantitative estimate of drug-likeness (QED) is 0.593. The van der Waals surface area contributed by atoms with Gasteiger partial charge in [-0.2, -0.15) is 0 Å². The van der Waals surface area contributed by atoms with Crippen LogP contribution >= 0.6 is 0 Å². The Labute approximate surface area is 82.2 Å². The second-order valence-electron chi connectivity index (χ2n) is 4.59. The van der Waals surface area contributed by atoms with Gasteiger partial charge in [0.15, 0.2) is 0 Å². The van der Waals surface area contributed by atoms with E-state index in [0.717, 1.165) is 19.3 Å². The lowest BCUT2D eigenvalue weighted by Gasteiger charge is -2.43. The van der Waals surface area contributed by atoms with E-state index in [4.69, 9.17) is 4.74 Å². The minimum absolute atomic E-state index is 0.167. The standard InChI is InChI=1S/C12H22O/c1-6-10-8-9(3)12(4,5)11(7-2)13-10/h10-11H,3,6-8H2,1-2,4-5H3. The first kappa shape index (κ1) is 10.8. The molecular weight excluding hydrogens is 160 g/mol. The molecule has 1 fully saturated rings. The third-order valence-corrected chi connectivity index (χ3v) is 3.37. The van der Waals surface area contributed by atoms with Crippen molar-refractivity contribution in [1.82, 2.24) is 0 Å². The van der Waals surface area contributed by atoms with E-state index in [0.29, 0.717) is 12.2 Å². The van der Waals surface area contributed by atoms with Crippen LogP contribution in [-0.2, 0) is 4.74 Å². The van der Waals surface area contributed by atoms with Gasteiger partial charge in [0.2, 0.25) is 0 Å². The van der Waals surface area contributed by atoms with Crippen molar-refractivity contribution in [3.05, 3.63) is 12.2 Å². The summed E-state index contributed by atoms with van der Waals surface area (Å²) >= 11 is 0. The van der Waals surface area contributed by atoms with Crippen LogP contribution in [0.2, 0.25) is 0 Å². The fourth-order valence-corrected chi connectivity index (χ4v) is 2.06. The first-order chi connectivity index (χ1) is 6.02. The smallest absolute Gasteiger partial charge is 0.0664 e. The molecular formula is C12H22O. The number of hydrogen-bond acceptors (Lipinski definition) is 1. The van der Waals surface area contributed by atoms with Gasteiger partial charge < -0.3 is 4.74 Å². The highest BCUT2D eigenvalue weighted by Gasteiger charge is 2.38. The summed E-state index contributed by atoms with van der Waals surface area (Å²) in [6, 6.07) is 0. The lowest BCUT2D eigenvalue weighted by atomic mass is 9.74. The van der Waals surface area contributed by atoms with Gasteiger partial charge in [0.05, 0.1) is 12.2 Å². The highest BCUT2D eigenvalue weighted by molar-refractivity contribution is 5.14. The molecule has 13 heavy (non-hydrogen) atoms. The average Bonchev–Trinajstić information content (AvgIpc) is 2.09. The predicted molar refractivity (Wildman–Crippen MR) is 56.8 cm³/mol. The molecule has 0 N–H and O–H groups in total. The van der Waals surface area contributed by atoms with Gasteiger partial charge in [0.1, 0.15) is 0 Å². The summed E-state index contributed by atoms with van der Waals surface area (Å²) in [5, 5.41) is 0. The molecule has 1 heteroatoms. The van der Waals surface area contributed by atoms with E-state index in [1.54, 1.807) is 0 Å². The van der Waals surface area contributed by atoms with Crippen LogP contribution in [0.15, 0.2) is 12.2 Å². The van der Waals surface area contributed by atoms with Crippen molar-refractivity contribution in [1.29, 1.82) is 0 Å². The maximum atomic E-state index is 6.01. The summed E-state index contributed by atoms with van der Waals surface area (Å²) in [6.45, 7) is 13.0. The summed E-state index contributed by atoms with van der Waals surface area (Å²) in [6.07, 6.45) is 4.00. The summed E-state index contributed by atoms with van der Waals surface area (Å²) in [4.78, 5) is 0. The molecule has 1 rings (SSSR count). The molecule has 0 aromatic heterocycles. The number of hydrogen-bond donors (Lipinski definition) is 0. The molecule has 0 radical (unpaired) electrons. The highest BCUT2D eigenvalue weighted by atomic mass is 16.5. The Bertz CT molecular complexity index is 193. The van der Waals surface area contributed by atoms with Gasteiger partial charge >= 0.3 is 0 Å². The summed E-state index contributed by atoms with van der Waals surface area (Å²) in [7, 11) is 0. The molecule has 0 amide bonds. The second kappa shape index (κ2) is 3.83. The van der Waals surface area contributed by atoms with Crippen LogP contribution in [0.4, 0.5) is 0 Å². The van der Waals surface area contributed by atoms with E-state index in [9.17, 15) is 0 Å². The molecule has 1 aliphatic rings. The first-order valence-corrected chi connectivity index (χ1v) is 5.36. The lowest BCUT2D eigenvalue weighted by molar-refractivity contribution is -0.0899. The SMILES string of the molecule is C=C1CC(CC)OC(CC)C1(C)C. The Morgan fingerprint density at radius 3 is 2.46 bits per heavy atom.